The number of anilines is 2. The number of nitrogens with one attached hydrogen (secondary N) is 2. The van der Waals surface area contributed by atoms with E-state index in [2.05, 4.69) is 15.6 Å². The normalized spacial score (nSPS) is 10.4. The molecule has 0 fully saturated rings. The van der Waals surface area contributed by atoms with E-state index >= 15 is 0 Å². The lowest BCUT2D eigenvalue weighted by molar-refractivity contribution is 0.102. The Morgan fingerprint density at radius 3 is 2.46 bits per heavy atom. The Bertz CT molecular complexity index is 920. The molecule has 1 aromatic heterocycles. The fourth-order valence-electron chi connectivity index (χ4n) is 2.75. The number of aromatic nitrogens is 1. The summed E-state index contributed by atoms with van der Waals surface area (Å²) >= 11 is 0. The lowest BCUT2D eigenvalue weighted by atomic mass is 10.1. The van der Waals surface area contributed by atoms with Crippen LogP contribution in [0.15, 0.2) is 60.8 Å². The van der Waals surface area contributed by atoms with Crippen LogP contribution in [0.2, 0.25) is 0 Å². The molecule has 0 atom stereocenters. The molecule has 3 rings (SSSR count). The highest BCUT2D eigenvalue weighted by molar-refractivity contribution is 6.03. The van der Waals surface area contributed by atoms with Crippen molar-refractivity contribution in [2.75, 3.05) is 10.6 Å². The molecule has 1 amide bonds. The molecule has 4 nitrogen and oxygen atoms in total. The minimum absolute atomic E-state index is 0.262. The van der Waals surface area contributed by atoms with Crippen molar-refractivity contribution < 1.29 is 9.18 Å². The van der Waals surface area contributed by atoms with Crippen molar-refractivity contribution in [2.45, 2.75) is 20.4 Å². The van der Waals surface area contributed by atoms with E-state index in [-0.39, 0.29) is 11.7 Å². The first-order valence-electron chi connectivity index (χ1n) is 8.34. The van der Waals surface area contributed by atoms with Crippen molar-refractivity contribution in [3.63, 3.8) is 0 Å². The lowest BCUT2D eigenvalue weighted by Crippen LogP contribution is -2.14. The first kappa shape index (κ1) is 17.6. The zero-order valence-electron chi connectivity index (χ0n) is 14.7. The third-order valence-corrected chi connectivity index (χ3v) is 3.91. The van der Waals surface area contributed by atoms with Crippen molar-refractivity contribution in [3.05, 3.63) is 89.0 Å². The Morgan fingerprint density at radius 1 is 1.00 bits per heavy atom. The van der Waals surface area contributed by atoms with Crippen LogP contribution in [0.25, 0.3) is 0 Å². The van der Waals surface area contributed by atoms with E-state index in [4.69, 9.17) is 0 Å². The molecule has 2 N–H and O–H groups in total. The molecule has 2 aromatic carbocycles. The van der Waals surface area contributed by atoms with Gasteiger partial charge in [-0.25, -0.2) is 4.39 Å². The molecule has 0 saturated heterocycles. The third-order valence-electron chi connectivity index (χ3n) is 3.91. The monoisotopic (exact) mass is 349 g/mol. The highest BCUT2D eigenvalue weighted by Crippen LogP contribution is 2.16. The van der Waals surface area contributed by atoms with Gasteiger partial charge in [0.25, 0.3) is 5.91 Å². The summed E-state index contributed by atoms with van der Waals surface area (Å²) in [5, 5.41) is 5.98. The van der Waals surface area contributed by atoms with E-state index in [1.54, 1.807) is 36.5 Å². The molecule has 0 aliphatic rings. The highest BCUT2D eigenvalue weighted by Gasteiger charge is 2.09. The van der Waals surface area contributed by atoms with Gasteiger partial charge in [-0.05, 0) is 55.3 Å². The van der Waals surface area contributed by atoms with Crippen molar-refractivity contribution in [1.82, 2.24) is 4.98 Å². The molecule has 0 saturated carbocycles. The second-order valence-corrected chi connectivity index (χ2v) is 6.21. The van der Waals surface area contributed by atoms with Gasteiger partial charge in [-0.3, -0.25) is 9.78 Å². The van der Waals surface area contributed by atoms with Gasteiger partial charge in [-0.1, -0.05) is 24.3 Å². The van der Waals surface area contributed by atoms with Gasteiger partial charge in [0.05, 0.1) is 0 Å². The number of carbonyl (C=O) groups is 1. The van der Waals surface area contributed by atoms with Gasteiger partial charge in [-0.15, -0.1) is 0 Å². The average Bonchev–Trinajstić information content (AvgIpc) is 2.60. The topological polar surface area (TPSA) is 54.0 Å². The molecule has 26 heavy (non-hydrogen) atoms. The van der Waals surface area contributed by atoms with E-state index < -0.39 is 0 Å². The average molecular weight is 349 g/mol. The summed E-state index contributed by atoms with van der Waals surface area (Å²) in [7, 11) is 0. The first-order valence-corrected chi connectivity index (χ1v) is 8.34. The van der Waals surface area contributed by atoms with Crippen LogP contribution in [0.5, 0.6) is 0 Å². The van der Waals surface area contributed by atoms with Crippen LogP contribution in [-0.4, -0.2) is 10.9 Å². The third kappa shape index (κ3) is 4.45. The van der Waals surface area contributed by atoms with Crippen LogP contribution in [0.4, 0.5) is 15.8 Å². The molecule has 1 heterocycles. The molecule has 0 bridgehead atoms. The van der Waals surface area contributed by atoms with Crippen molar-refractivity contribution >= 4 is 17.3 Å². The molecule has 0 aliphatic heterocycles. The number of amides is 1. The number of aryl methyl sites for hydroxylation is 2. The molecule has 3 aromatic rings. The second-order valence-electron chi connectivity index (χ2n) is 6.21. The fraction of sp³-hybridized carbons (Fsp3) is 0.143. The Balaban J connectivity index is 1.70. The van der Waals surface area contributed by atoms with Gasteiger partial charge in [0.1, 0.15) is 11.5 Å². The number of hydrogen-bond donors (Lipinski definition) is 2. The Hall–Kier alpha value is -3.21. The predicted molar refractivity (Wildman–Crippen MR) is 102 cm³/mol. The standard InChI is InChI=1S/C21H20FN3O/c1-14-9-15(2)11-18(10-14)25-21(26)20-12-17(7-8-23-20)24-13-16-5-3-4-6-19(16)22/h3-12H,13H2,1-2H3,(H,23,24)(H,25,26). The van der Waals surface area contributed by atoms with Crippen LogP contribution < -0.4 is 10.6 Å². The zero-order valence-corrected chi connectivity index (χ0v) is 14.7. The molecule has 132 valence electrons. The summed E-state index contributed by atoms with van der Waals surface area (Å²) in [4.78, 5) is 16.6. The quantitative estimate of drug-likeness (QED) is 0.702. The molecule has 0 unspecified atom stereocenters. The maximum atomic E-state index is 13.7. The van der Waals surface area contributed by atoms with E-state index in [9.17, 15) is 9.18 Å². The van der Waals surface area contributed by atoms with Crippen LogP contribution >= 0.6 is 0 Å². The number of hydrogen-bond acceptors (Lipinski definition) is 3. The highest BCUT2D eigenvalue weighted by atomic mass is 19.1. The van der Waals surface area contributed by atoms with Crippen LogP contribution in [0.3, 0.4) is 0 Å². The smallest absolute Gasteiger partial charge is 0.274 e. The number of carbonyl (C=O) groups excluding carboxylic acids is 1. The molecule has 0 radical (unpaired) electrons. The largest absolute Gasteiger partial charge is 0.381 e. The van der Waals surface area contributed by atoms with Gasteiger partial charge in [0.15, 0.2) is 0 Å². The lowest BCUT2D eigenvalue weighted by Gasteiger charge is -2.10. The predicted octanol–water partition coefficient (Wildman–Crippen LogP) is 4.70. The second kappa shape index (κ2) is 7.78. The van der Waals surface area contributed by atoms with Crippen molar-refractivity contribution in [3.8, 4) is 0 Å². The molecular formula is C21H20FN3O. The van der Waals surface area contributed by atoms with Crippen molar-refractivity contribution in [1.29, 1.82) is 0 Å². The number of nitrogens with zero attached hydrogens (tertiary/aromatic N) is 1. The van der Waals surface area contributed by atoms with E-state index in [1.165, 1.54) is 6.07 Å². The maximum absolute atomic E-state index is 13.7. The Kier molecular flexibility index (Phi) is 5.27. The van der Waals surface area contributed by atoms with Crippen LogP contribution in [0.1, 0.15) is 27.2 Å². The molecule has 0 spiro atoms. The van der Waals surface area contributed by atoms with Gasteiger partial charge < -0.3 is 10.6 Å². The first-order chi connectivity index (χ1) is 12.5. The van der Waals surface area contributed by atoms with Gasteiger partial charge >= 0.3 is 0 Å². The molecule has 5 heteroatoms. The number of pyridine rings is 1. The zero-order chi connectivity index (χ0) is 18.5. The number of halogens is 1. The maximum Gasteiger partial charge on any atom is 0.274 e. The van der Waals surface area contributed by atoms with Crippen LogP contribution in [0, 0.1) is 19.7 Å². The minimum atomic E-state index is -0.287. The minimum Gasteiger partial charge on any atom is -0.381 e. The van der Waals surface area contributed by atoms with Crippen LogP contribution in [-0.2, 0) is 6.54 Å². The van der Waals surface area contributed by atoms with Gasteiger partial charge in [0.2, 0.25) is 0 Å². The Labute approximate surface area is 152 Å². The number of benzene rings is 2. The SMILES string of the molecule is Cc1cc(C)cc(NC(=O)c2cc(NCc3ccccc3F)ccn2)c1. The number of rotatable bonds is 5. The Morgan fingerprint density at radius 2 is 1.73 bits per heavy atom. The summed E-state index contributed by atoms with van der Waals surface area (Å²) in [6.45, 7) is 4.29. The fourth-order valence-corrected chi connectivity index (χ4v) is 2.75. The molecule has 0 aliphatic carbocycles. The van der Waals surface area contributed by atoms with E-state index in [1.807, 2.05) is 32.0 Å². The summed E-state index contributed by atoms with van der Waals surface area (Å²) in [5.74, 6) is -0.550. The van der Waals surface area contributed by atoms with E-state index in [0.29, 0.717) is 23.5 Å². The summed E-state index contributed by atoms with van der Waals surface area (Å²) in [6.07, 6.45) is 1.56. The summed E-state index contributed by atoms with van der Waals surface area (Å²) < 4.78 is 13.7. The van der Waals surface area contributed by atoms with E-state index in [0.717, 1.165) is 16.8 Å². The molecular weight excluding hydrogens is 329 g/mol. The summed E-state index contributed by atoms with van der Waals surface area (Å²) in [5.41, 5.74) is 4.45. The van der Waals surface area contributed by atoms with Gasteiger partial charge in [-0.2, -0.15) is 0 Å². The summed E-state index contributed by atoms with van der Waals surface area (Å²) in [6, 6.07) is 15.8. The van der Waals surface area contributed by atoms with Crippen molar-refractivity contribution in [2.24, 2.45) is 0 Å². The van der Waals surface area contributed by atoms with Gasteiger partial charge in [0, 0.05) is 29.7 Å².